The average Bonchev–Trinajstić information content (AvgIpc) is 3.01. The van der Waals surface area contributed by atoms with Crippen molar-refractivity contribution in [3.63, 3.8) is 0 Å². The Bertz CT molecular complexity index is 963. The molecule has 0 atom stereocenters. The van der Waals surface area contributed by atoms with Gasteiger partial charge in [-0.05, 0) is 12.1 Å². The van der Waals surface area contributed by atoms with Crippen molar-refractivity contribution in [2.45, 2.75) is 4.90 Å². The number of carbonyl (C=O) groups is 2. The average molecular weight is 390 g/mol. The number of methoxy groups -OCH3 is 2. The predicted octanol–water partition coefficient (Wildman–Crippen LogP) is 1.89. The lowest BCUT2D eigenvalue weighted by molar-refractivity contribution is -0.387. The minimum absolute atomic E-state index is 0.0298. The van der Waals surface area contributed by atoms with E-state index in [9.17, 15) is 19.7 Å². The second-order valence-electron chi connectivity index (χ2n) is 5.05. The number of aromatic nitrogens is 1. The van der Waals surface area contributed by atoms with E-state index in [1.54, 1.807) is 0 Å². The van der Waals surface area contributed by atoms with E-state index in [2.05, 4.69) is 9.47 Å². The van der Waals surface area contributed by atoms with Crippen LogP contribution in [0.15, 0.2) is 29.3 Å². The Kier molecular flexibility index (Phi) is 6.04. The van der Waals surface area contributed by atoms with Gasteiger partial charge in [0.25, 0.3) is 5.69 Å². The van der Waals surface area contributed by atoms with Crippen LogP contribution in [0.3, 0.4) is 0 Å². The van der Waals surface area contributed by atoms with Gasteiger partial charge in [0.05, 0.1) is 46.7 Å². The van der Waals surface area contributed by atoms with Gasteiger partial charge in [-0.3, -0.25) is 14.9 Å². The van der Waals surface area contributed by atoms with E-state index in [1.165, 1.54) is 36.1 Å². The number of hydrogen-bond donors (Lipinski definition) is 1. The summed E-state index contributed by atoms with van der Waals surface area (Å²) in [4.78, 5) is 34.4. The number of hydrogen-bond acceptors (Lipinski definition) is 9. The molecule has 0 saturated carbocycles. The van der Waals surface area contributed by atoms with Gasteiger partial charge < -0.3 is 19.8 Å². The molecule has 0 amide bonds. The number of anilines is 1. The zero-order valence-electron chi connectivity index (χ0n) is 14.3. The number of nitrogens with two attached hydrogens (primary N) is 1. The minimum atomic E-state index is -0.791. The number of nitriles is 1. The molecule has 0 bridgehead atoms. The smallest absolute Gasteiger partial charge is 0.357 e. The van der Waals surface area contributed by atoms with E-state index in [4.69, 9.17) is 11.0 Å². The molecule has 2 N–H and O–H groups in total. The van der Waals surface area contributed by atoms with Crippen molar-refractivity contribution < 1.29 is 24.0 Å². The molecule has 11 heteroatoms. The van der Waals surface area contributed by atoms with E-state index in [0.29, 0.717) is 0 Å². The summed E-state index contributed by atoms with van der Waals surface area (Å²) < 4.78 is 10.4. The predicted molar refractivity (Wildman–Crippen MR) is 95.6 cm³/mol. The van der Waals surface area contributed by atoms with Crippen molar-refractivity contribution >= 4 is 35.1 Å². The molecule has 0 radical (unpaired) electrons. The fourth-order valence-corrected chi connectivity index (χ4v) is 3.07. The molecule has 2 rings (SSSR count). The molecule has 1 aromatic heterocycles. The topological polar surface area (TPSA) is 150 Å². The van der Waals surface area contributed by atoms with Crippen LogP contribution in [0.25, 0.3) is 5.69 Å². The molecule has 1 heterocycles. The highest BCUT2D eigenvalue weighted by Crippen LogP contribution is 2.33. The molecular weight excluding hydrogens is 376 g/mol. The molecule has 27 heavy (non-hydrogen) atoms. The van der Waals surface area contributed by atoms with Crippen LogP contribution in [0.4, 0.5) is 11.4 Å². The number of benzene rings is 1. The lowest BCUT2D eigenvalue weighted by Gasteiger charge is -2.10. The van der Waals surface area contributed by atoms with Gasteiger partial charge in [-0.1, -0.05) is 0 Å². The van der Waals surface area contributed by atoms with Gasteiger partial charge in [0, 0.05) is 12.3 Å². The van der Waals surface area contributed by atoms with Crippen LogP contribution >= 0.6 is 11.8 Å². The highest BCUT2D eigenvalue weighted by atomic mass is 32.2. The third-order valence-electron chi connectivity index (χ3n) is 3.53. The molecule has 0 fully saturated rings. The molecule has 0 spiro atoms. The summed E-state index contributed by atoms with van der Waals surface area (Å²) in [5.74, 6) is -1.41. The summed E-state index contributed by atoms with van der Waals surface area (Å²) in [5, 5.41) is 20.6. The van der Waals surface area contributed by atoms with Crippen LogP contribution in [-0.4, -0.2) is 41.4 Å². The fraction of sp³-hybridized carbons (Fsp3) is 0.188. The number of nitro groups is 1. The number of nitrogens with zero attached hydrogens (tertiary/aromatic N) is 3. The maximum atomic E-state index is 12.0. The standard InChI is InChI=1S/C16H14N4O6S/c1-25-13(21)8-27-12-4-3-10(5-11(12)20(23)24)19-7-9(6-17)14(18)15(19)16(22)26-2/h3-5,7H,8,18H2,1-2H3. The van der Waals surface area contributed by atoms with Crippen LogP contribution in [-0.2, 0) is 14.3 Å². The first-order valence-electron chi connectivity index (χ1n) is 7.31. The zero-order chi connectivity index (χ0) is 20.1. The summed E-state index contributed by atoms with van der Waals surface area (Å²) in [6.45, 7) is 0. The van der Waals surface area contributed by atoms with Gasteiger partial charge in [0.15, 0.2) is 5.69 Å². The summed E-state index contributed by atoms with van der Waals surface area (Å²) in [6, 6.07) is 6.00. The van der Waals surface area contributed by atoms with Crippen LogP contribution in [0, 0.1) is 21.4 Å². The Labute approximate surface area is 157 Å². The van der Waals surface area contributed by atoms with Gasteiger partial charge in [-0.15, -0.1) is 11.8 Å². The fourth-order valence-electron chi connectivity index (χ4n) is 2.23. The third-order valence-corrected chi connectivity index (χ3v) is 4.57. The maximum absolute atomic E-state index is 12.0. The molecule has 0 unspecified atom stereocenters. The van der Waals surface area contributed by atoms with Crippen LogP contribution < -0.4 is 5.73 Å². The SMILES string of the molecule is COC(=O)CSc1ccc(-n2cc(C#N)c(N)c2C(=O)OC)cc1[N+](=O)[O-]. The Morgan fingerprint density at radius 3 is 2.63 bits per heavy atom. The second kappa shape index (κ2) is 8.24. The quantitative estimate of drug-likeness (QED) is 0.337. The first kappa shape index (κ1) is 19.8. The number of thioether (sulfide) groups is 1. The van der Waals surface area contributed by atoms with E-state index < -0.39 is 16.9 Å². The highest BCUT2D eigenvalue weighted by molar-refractivity contribution is 8.00. The third kappa shape index (κ3) is 4.01. The van der Waals surface area contributed by atoms with E-state index >= 15 is 0 Å². The molecule has 0 saturated heterocycles. The molecule has 2 aromatic rings. The summed E-state index contributed by atoms with van der Waals surface area (Å²) in [6.07, 6.45) is 1.29. The number of ether oxygens (including phenoxy) is 2. The Balaban J connectivity index is 2.56. The lowest BCUT2D eigenvalue weighted by Crippen LogP contribution is -2.11. The van der Waals surface area contributed by atoms with Crippen molar-refractivity contribution in [2.24, 2.45) is 0 Å². The second-order valence-corrected chi connectivity index (χ2v) is 6.07. The number of nitrogen functional groups attached to an aromatic ring is 1. The molecule has 0 aliphatic heterocycles. The molecule has 1 aromatic carbocycles. The first-order valence-corrected chi connectivity index (χ1v) is 8.30. The zero-order valence-corrected chi connectivity index (χ0v) is 15.1. The maximum Gasteiger partial charge on any atom is 0.357 e. The molecule has 0 aliphatic rings. The minimum Gasteiger partial charge on any atom is -0.468 e. The van der Waals surface area contributed by atoms with Crippen LogP contribution in [0.2, 0.25) is 0 Å². The van der Waals surface area contributed by atoms with E-state index in [1.807, 2.05) is 6.07 Å². The van der Waals surface area contributed by atoms with Crippen molar-refractivity contribution in [2.75, 3.05) is 25.7 Å². The summed E-state index contributed by atoms with van der Waals surface area (Å²) >= 11 is 0.946. The molecule has 0 aliphatic carbocycles. The number of esters is 2. The monoisotopic (exact) mass is 390 g/mol. The van der Waals surface area contributed by atoms with E-state index in [-0.39, 0.29) is 39.0 Å². The molecular formula is C16H14N4O6S. The Morgan fingerprint density at radius 1 is 1.37 bits per heavy atom. The lowest BCUT2D eigenvalue weighted by atomic mass is 10.2. The normalized spacial score (nSPS) is 10.1. The van der Waals surface area contributed by atoms with Gasteiger partial charge in [-0.25, -0.2) is 4.79 Å². The Hall–Kier alpha value is -3.52. The van der Waals surface area contributed by atoms with Crippen molar-refractivity contribution in [3.8, 4) is 11.8 Å². The van der Waals surface area contributed by atoms with E-state index in [0.717, 1.165) is 18.9 Å². The first-order chi connectivity index (χ1) is 12.8. The number of rotatable bonds is 6. The number of nitro benzene ring substituents is 1. The largest absolute Gasteiger partial charge is 0.468 e. The van der Waals surface area contributed by atoms with Gasteiger partial charge >= 0.3 is 11.9 Å². The summed E-state index contributed by atoms with van der Waals surface area (Å²) in [5.41, 5.74) is 5.61. The van der Waals surface area contributed by atoms with Gasteiger partial charge in [0.2, 0.25) is 0 Å². The highest BCUT2D eigenvalue weighted by Gasteiger charge is 2.24. The molecule has 140 valence electrons. The van der Waals surface area contributed by atoms with Gasteiger partial charge in [0.1, 0.15) is 6.07 Å². The van der Waals surface area contributed by atoms with Gasteiger partial charge in [-0.2, -0.15) is 5.26 Å². The molecule has 10 nitrogen and oxygen atoms in total. The van der Waals surface area contributed by atoms with Crippen molar-refractivity contribution in [1.29, 1.82) is 5.26 Å². The number of carbonyl (C=O) groups excluding carboxylic acids is 2. The summed E-state index contributed by atoms with van der Waals surface area (Å²) in [7, 11) is 2.37. The van der Waals surface area contributed by atoms with Crippen LogP contribution in [0.1, 0.15) is 16.1 Å². The van der Waals surface area contributed by atoms with Crippen molar-refractivity contribution in [1.82, 2.24) is 4.57 Å². The Morgan fingerprint density at radius 2 is 2.07 bits per heavy atom. The van der Waals surface area contributed by atoms with Crippen molar-refractivity contribution in [3.05, 3.63) is 45.8 Å². The van der Waals surface area contributed by atoms with Crippen LogP contribution in [0.5, 0.6) is 0 Å².